The van der Waals surface area contributed by atoms with Crippen molar-refractivity contribution in [3.8, 4) is 5.75 Å². The molecule has 0 fully saturated rings. The molecule has 1 aliphatic rings. The first-order chi connectivity index (χ1) is 23.6. The van der Waals surface area contributed by atoms with Gasteiger partial charge in [-0.15, -0.1) is 0 Å². The van der Waals surface area contributed by atoms with Crippen molar-refractivity contribution in [1.29, 1.82) is 0 Å². The number of allylic oxidation sites excluding steroid dienone is 4. The quantitative estimate of drug-likeness (QED) is 0.0999. The standard InChI is InChI=1S/C38H35Cl2N3O5S/c39-29-12-15-33-31(21-29)36(34(43-33)17-20-42-49(46,47)25-27-9-16-35(40)41-23-27)32(24-48-30-13-10-28(11-14-30)37(44)45)38(18-5-2-6-19-38)22-26-7-3-1-4-8-26/h1-16,18,21,23,32,42-43H,17,19-20,22,24-25H2,(H,44,45). The van der Waals surface area contributed by atoms with Crippen LogP contribution < -0.4 is 9.46 Å². The van der Waals surface area contributed by atoms with Gasteiger partial charge in [-0.2, -0.15) is 0 Å². The van der Waals surface area contributed by atoms with Crippen LogP contribution in [0.3, 0.4) is 0 Å². The van der Waals surface area contributed by atoms with Gasteiger partial charge in [0.15, 0.2) is 0 Å². The minimum atomic E-state index is -3.67. The topological polar surface area (TPSA) is 121 Å². The van der Waals surface area contributed by atoms with Crippen molar-refractivity contribution >= 4 is 50.1 Å². The molecule has 6 rings (SSSR count). The van der Waals surface area contributed by atoms with E-state index in [1.165, 1.54) is 23.9 Å². The van der Waals surface area contributed by atoms with Crippen LogP contribution in [0.15, 0.2) is 115 Å². The fraction of sp³-hybridized carbons (Fsp3) is 0.211. The Hall–Kier alpha value is -4.41. The number of carboxylic acids is 1. The van der Waals surface area contributed by atoms with Crippen molar-refractivity contribution in [3.63, 3.8) is 0 Å². The molecule has 1 aliphatic carbocycles. The Kier molecular flexibility index (Phi) is 10.6. The molecule has 2 heterocycles. The van der Waals surface area contributed by atoms with Gasteiger partial charge in [-0.05, 0) is 78.1 Å². The molecule has 0 amide bonds. The highest BCUT2D eigenvalue weighted by molar-refractivity contribution is 7.88. The number of rotatable bonds is 14. The summed E-state index contributed by atoms with van der Waals surface area (Å²) >= 11 is 12.5. The average Bonchev–Trinajstić information content (AvgIpc) is 3.43. The minimum absolute atomic E-state index is 0.155. The molecule has 0 radical (unpaired) electrons. The smallest absolute Gasteiger partial charge is 0.335 e. The van der Waals surface area contributed by atoms with Gasteiger partial charge in [0.25, 0.3) is 0 Å². The second-order valence-electron chi connectivity index (χ2n) is 12.2. The molecule has 0 saturated carbocycles. The summed E-state index contributed by atoms with van der Waals surface area (Å²) in [5.74, 6) is -0.914. The van der Waals surface area contributed by atoms with Gasteiger partial charge in [0, 0.05) is 52.1 Å². The average molecular weight is 717 g/mol. The van der Waals surface area contributed by atoms with Gasteiger partial charge >= 0.3 is 5.97 Å². The number of ether oxygens (including phenoxy) is 1. The number of hydrogen-bond acceptors (Lipinski definition) is 5. The number of carbonyl (C=O) groups is 1. The van der Waals surface area contributed by atoms with E-state index in [4.69, 9.17) is 27.9 Å². The van der Waals surface area contributed by atoms with Crippen LogP contribution >= 0.6 is 23.2 Å². The number of aromatic amines is 1. The highest BCUT2D eigenvalue weighted by atomic mass is 35.5. The van der Waals surface area contributed by atoms with Crippen LogP contribution in [0, 0.1) is 5.41 Å². The summed E-state index contributed by atoms with van der Waals surface area (Å²) in [4.78, 5) is 19.0. The third-order valence-electron chi connectivity index (χ3n) is 8.83. The lowest BCUT2D eigenvalue weighted by Crippen LogP contribution is -2.35. The Balaban J connectivity index is 1.38. The maximum absolute atomic E-state index is 13.1. The molecule has 2 atom stereocenters. The number of nitrogens with one attached hydrogen (secondary N) is 2. The Morgan fingerprint density at radius 2 is 1.80 bits per heavy atom. The Morgan fingerprint density at radius 3 is 2.49 bits per heavy atom. The summed E-state index contributed by atoms with van der Waals surface area (Å²) in [7, 11) is -3.67. The summed E-state index contributed by atoms with van der Waals surface area (Å²) in [5, 5.41) is 11.2. The predicted molar refractivity (Wildman–Crippen MR) is 194 cm³/mol. The normalized spacial score (nSPS) is 16.5. The number of aromatic carboxylic acids is 1. The summed E-state index contributed by atoms with van der Waals surface area (Å²) < 4.78 is 35.4. The number of benzene rings is 3. The molecule has 3 N–H and O–H groups in total. The molecule has 2 aromatic heterocycles. The van der Waals surface area contributed by atoms with Crippen LogP contribution in [0.2, 0.25) is 10.2 Å². The van der Waals surface area contributed by atoms with E-state index in [-0.39, 0.29) is 30.4 Å². The molecule has 49 heavy (non-hydrogen) atoms. The number of fused-ring (bicyclic) bond motifs is 1. The molecule has 11 heteroatoms. The van der Waals surface area contributed by atoms with E-state index in [9.17, 15) is 18.3 Å². The zero-order valence-corrected chi connectivity index (χ0v) is 28.8. The molecule has 0 aliphatic heterocycles. The van der Waals surface area contributed by atoms with Crippen LogP contribution in [0.5, 0.6) is 5.75 Å². The first-order valence-corrected chi connectivity index (χ1v) is 18.2. The van der Waals surface area contributed by atoms with Crippen LogP contribution in [-0.2, 0) is 28.6 Å². The van der Waals surface area contributed by atoms with Crippen LogP contribution in [0.25, 0.3) is 10.9 Å². The zero-order chi connectivity index (χ0) is 34.4. The molecule has 2 unspecified atom stereocenters. The number of aromatic nitrogens is 2. The van der Waals surface area contributed by atoms with Crippen molar-refractivity contribution < 1.29 is 23.1 Å². The molecule has 5 aromatic rings. The largest absolute Gasteiger partial charge is 0.493 e. The number of hydrogen-bond donors (Lipinski definition) is 3. The van der Waals surface area contributed by atoms with Gasteiger partial charge in [0.2, 0.25) is 10.0 Å². The first kappa shape index (κ1) is 34.5. The van der Waals surface area contributed by atoms with Gasteiger partial charge in [-0.3, -0.25) is 0 Å². The molecular weight excluding hydrogens is 681 g/mol. The van der Waals surface area contributed by atoms with Crippen LogP contribution in [0.1, 0.15) is 45.1 Å². The third kappa shape index (κ3) is 8.43. The molecular formula is C38H35Cl2N3O5S. The van der Waals surface area contributed by atoms with Gasteiger partial charge in [-0.1, -0.05) is 83.9 Å². The number of halogens is 2. The van der Waals surface area contributed by atoms with E-state index in [0.29, 0.717) is 27.9 Å². The van der Waals surface area contributed by atoms with Crippen molar-refractivity contribution in [2.45, 2.75) is 30.9 Å². The molecule has 0 saturated heterocycles. The molecule has 252 valence electrons. The maximum Gasteiger partial charge on any atom is 0.335 e. The SMILES string of the molecule is O=C(O)c1ccc(OCC(c2c(CCNS(=O)(=O)Cc3ccc(Cl)nc3)[nH]c3ccc(Cl)cc23)C2(Cc3ccccc3)C=CC=CC2)cc1. The number of nitrogens with zero attached hydrogens (tertiary/aromatic N) is 1. The van der Waals surface area contributed by atoms with Crippen molar-refractivity contribution in [2.24, 2.45) is 5.41 Å². The van der Waals surface area contributed by atoms with Crippen LogP contribution in [0.4, 0.5) is 0 Å². The highest BCUT2D eigenvalue weighted by Crippen LogP contribution is 2.48. The van der Waals surface area contributed by atoms with Crippen LogP contribution in [-0.4, -0.2) is 42.6 Å². The predicted octanol–water partition coefficient (Wildman–Crippen LogP) is 8.14. The Morgan fingerprint density at radius 1 is 1.00 bits per heavy atom. The molecule has 0 bridgehead atoms. The molecule has 8 nitrogen and oxygen atoms in total. The highest BCUT2D eigenvalue weighted by Gasteiger charge is 2.41. The molecule has 3 aromatic carbocycles. The van der Waals surface area contributed by atoms with E-state index in [2.05, 4.69) is 45.1 Å². The maximum atomic E-state index is 13.1. The second-order valence-corrected chi connectivity index (χ2v) is 14.8. The summed E-state index contributed by atoms with van der Waals surface area (Å²) in [6, 6.07) is 25.6. The number of H-pyrrole nitrogens is 1. The van der Waals surface area contributed by atoms with E-state index >= 15 is 0 Å². The van der Waals surface area contributed by atoms with E-state index in [1.807, 2.05) is 42.5 Å². The monoisotopic (exact) mass is 715 g/mol. The Bertz CT molecular complexity index is 2100. The first-order valence-electron chi connectivity index (χ1n) is 15.8. The lowest BCUT2D eigenvalue weighted by molar-refractivity contribution is 0.0696. The fourth-order valence-corrected chi connectivity index (χ4v) is 7.92. The van der Waals surface area contributed by atoms with Gasteiger partial charge in [-0.25, -0.2) is 22.9 Å². The van der Waals surface area contributed by atoms with E-state index in [0.717, 1.165) is 35.0 Å². The van der Waals surface area contributed by atoms with Gasteiger partial charge in [0.05, 0.1) is 17.9 Å². The lowest BCUT2D eigenvalue weighted by Gasteiger charge is -2.40. The lowest BCUT2D eigenvalue weighted by atomic mass is 9.64. The van der Waals surface area contributed by atoms with E-state index in [1.54, 1.807) is 24.3 Å². The summed E-state index contributed by atoms with van der Waals surface area (Å²) in [6.07, 6.45) is 11.8. The van der Waals surface area contributed by atoms with Gasteiger partial charge < -0.3 is 14.8 Å². The minimum Gasteiger partial charge on any atom is -0.493 e. The number of sulfonamides is 1. The van der Waals surface area contributed by atoms with Crippen molar-refractivity contribution in [2.75, 3.05) is 13.2 Å². The van der Waals surface area contributed by atoms with Gasteiger partial charge in [0.1, 0.15) is 10.9 Å². The zero-order valence-electron chi connectivity index (χ0n) is 26.5. The fourth-order valence-electron chi connectivity index (χ4n) is 6.51. The molecule has 0 spiro atoms. The summed E-state index contributed by atoms with van der Waals surface area (Å²) in [5.41, 5.74) is 4.20. The number of carboxylic acid groups (broad SMARTS) is 1. The Labute approximate surface area is 295 Å². The second kappa shape index (κ2) is 15.0. The summed E-state index contributed by atoms with van der Waals surface area (Å²) in [6.45, 7) is 0.418. The van der Waals surface area contributed by atoms with Crippen molar-refractivity contribution in [3.05, 3.63) is 154 Å². The third-order valence-corrected chi connectivity index (χ3v) is 10.7. The van der Waals surface area contributed by atoms with Crippen molar-refractivity contribution in [1.82, 2.24) is 14.7 Å². The van der Waals surface area contributed by atoms with E-state index < -0.39 is 21.4 Å². The number of pyridine rings is 1.